The fourth-order valence-electron chi connectivity index (χ4n) is 2.51. The van der Waals surface area contributed by atoms with Gasteiger partial charge < -0.3 is 9.64 Å². The quantitative estimate of drug-likeness (QED) is 0.801. The molecule has 0 radical (unpaired) electrons. The number of hydrogen-bond acceptors (Lipinski definition) is 3. The molecule has 1 aliphatic heterocycles. The highest BCUT2D eigenvalue weighted by molar-refractivity contribution is 5.23. The van der Waals surface area contributed by atoms with Crippen LogP contribution in [0.3, 0.4) is 0 Å². The van der Waals surface area contributed by atoms with Gasteiger partial charge in [0.1, 0.15) is 12.4 Å². The van der Waals surface area contributed by atoms with Crippen LogP contribution in [0, 0.1) is 5.92 Å². The van der Waals surface area contributed by atoms with E-state index >= 15 is 0 Å². The lowest BCUT2D eigenvalue weighted by Crippen LogP contribution is -2.30. The van der Waals surface area contributed by atoms with Crippen molar-refractivity contribution in [2.45, 2.75) is 39.2 Å². The molecule has 1 atom stereocenters. The Morgan fingerprint density at radius 2 is 2.28 bits per heavy atom. The molecule has 0 unspecified atom stereocenters. The zero-order chi connectivity index (χ0) is 13.0. The Bertz CT molecular complexity index is 379. The number of ether oxygens (including phenoxy) is 1. The maximum atomic E-state index is 5.88. The van der Waals surface area contributed by atoms with Crippen molar-refractivity contribution in [3.05, 3.63) is 24.0 Å². The van der Waals surface area contributed by atoms with E-state index in [1.165, 1.54) is 24.9 Å². The Kier molecular flexibility index (Phi) is 4.59. The smallest absolute Gasteiger partial charge is 0.137 e. The van der Waals surface area contributed by atoms with Crippen LogP contribution in [0.2, 0.25) is 0 Å². The molecular formula is C15H24N2O. The van der Waals surface area contributed by atoms with Crippen LogP contribution in [0.15, 0.2) is 18.5 Å². The van der Waals surface area contributed by atoms with Gasteiger partial charge in [0.2, 0.25) is 0 Å². The zero-order valence-corrected chi connectivity index (χ0v) is 11.7. The third-order valence-electron chi connectivity index (χ3n) is 3.53. The summed E-state index contributed by atoms with van der Waals surface area (Å²) < 4.78 is 5.88. The fourth-order valence-corrected chi connectivity index (χ4v) is 2.51. The van der Waals surface area contributed by atoms with Crippen molar-refractivity contribution in [3.8, 4) is 5.75 Å². The van der Waals surface area contributed by atoms with Gasteiger partial charge in [0.25, 0.3) is 0 Å². The molecule has 2 rings (SSSR count). The summed E-state index contributed by atoms with van der Waals surface area (Å²) in [6, 6.07) is 2.70. The van der Waals surface area contributed by atoms with Crippen LogP contribution in [-0.4, -0.2) is 36.1 Å². The predicted molar refractivity (Wildman–Crippen MR) is 73.9 cm³/mol. The van der Waals surface area contributed by atoms with Gasteiger partial charge in [-0.25, -0.2) is 0 Å². The van der Waals surface area contributed by atoms with Gasteiger partial charge in [-0.1, -0.05) is 13.8 Å². The largest absolute Gasteiger partial charge is 0.490 e. The summed E-state index contributed by atoms with van der Waals surface area (Å²) in [5.41, 5.74) is 1.27. The Morgan fingerprint density at radius 3 is 2.94 bits per heavy atom. The van der Waals surface area contributed by atoms with Crippen LogP contribution >= 0.6 is 0 Å². The van der Waals surface area contributed by atoms with Crippen LogP contribution in [0.4, 0.5) is 0 Å². The molecule has 1 aromatic rings. The lowest BCUT2D eigenvalue weighted by molar-refractivity contribution is 0.197. The molecule has 1 saturated heterocycles. The molecule has 1 aromatic heterocycles. The number of aromatic nitrogens is 1. The second-order valence-electron chi connectivity index (χ2n) is 5.71. The topological polar surface area (TPSA) is 25.4 Å². The SMILES string of the molecule is CC(C)Cc1cncc(OC[C@@H]2CCCN2C)c1. The van der Waals surface area contributed by atoms with E-state index in [0.717, 1.165) is 18.8 Å². The number of rotatable bonds is 5. The summed E-state index contributed by atoms with van der Waals surface area (Å²) in [5, 5.41) is 0. The standard InChI is InChI=1S/C15H24N2O/c1-12(2)7-13-8-15(10-16-9-13)18-11-14-5-4-6-17(14)3/h8-10,12,14H,4-7,11H2,1-3H3/t14-/m0/s1. The summed E-state index contributed by atoms with van der Waals surface area (Å²) in [4.78, 5) is 6.64. The molecule has 0 spiro atoms. The van der Waals surface area contributed by atoms with Crippen molar-refractivity contribution < 1.29 is 4.74 Å². The minimum atomic E-state index is 0.568. The summed E-state index contributed by atoms with van der Waals surface area (Å²) in [7, 11) is 2.18. The Morgan fingerprint density at radius 1 is 1.44 bits per heavy atom. The van der Waals surface area contributed by atoms with Crippen molar-refractivity contribution >= 4 is 0 Å². The summed E-state index contributed by atoms with van der Waals surface area (Å²) in [6.45, 7) is 6.42. The highest BCUT2D eigenvalue weighted by atomic mass is 16.5. The van der Waals surface area contributed by atoms with E-state index in [1.54, 1.807) is 0 Å². The molecule has 0 amide bonds. The third-order valence-corrected chi connectivity index (χ3v) is 3.53. The Hall–Kier alpha value is -1.09. The molecule has 0 aromatic carbocycles. The van der Waals surface area contributed by atoms with Crippen LogP contribution in [0.25, 0.3) is 0 Å². The molecule has 0 N–H and O–H groups in total. The van der Waals surface area contributed by atoms with E-state index < -0.39 is 0 Å². The highest BCUT2D eigenvalue weighted by Crippen LogP contribution is 2.18. The maximum Gasteiger partial charge on any atom is 0.137 e. The van der Waals surface area contributed by atoms with Gasteiger partial charge in [-0.05, 0) is 50.4 Å². The molecule has 1 aliphatic rings. The molecule has 3 heteroatoms. The van der Waals surface area contributed by atoms with Crippen LogP contribution < -0.4 is 4.74 Å². The zero-order valence-electron chi connectivity index (χ0n) is 11.7. The molecule has 100 valence electrons. The number of hydrogen-bond donors (Lipinski definition) is 0. The molecule has 0 aliphatic carbocycles. The van der Waals surface area contributed by atoms with Gasteiger partial charge in [0.15, 0.2) is 0 Å². The first kappa shape index (κ1) is 13.3. The van der Waals surface area contributed by atoms with E-state index in [4.69, 9.17) is 4.74 Å². The minimum absolute atomic E-state index is 0.568. The van der Waals surface area contributed by atoms with E-state index in [2.05, 4.69) is 36.8 Å². The van der Waals surface area contributed by atoms with Gasteiger partial charge >= 0.3 is 0 Å². The van der Waals surface area contributed by atoms with Crippen LogP contribution in [0.1, 0.15) is 32.3 Å². The average molecular weight is 248 g/mol. The van der Waals surface area contributed by atoms with E-state index in [1.807, 2.05) is 12.4 Å². The second-order valence-corrected chi connectivity index (χ2v) is 5.71. The number of pyridine rings is 1. The van der Waals surface area contributed by atoms with Crippen molar-refractivity contribution in [2.75, 3.05) is 20.2 Å². The molecule has 2 heterocycles. The van der Waals surface area contributed by atoms with Gasteiger partial charge in [-0.2, -0.15) is 0 Å². The first-order valence-electron chi connectivity index (χ1n) is 6.92. The molecule has 0 saturated carbocycles. The summed E-state index contributed by atoms with van der Waals surface area (Å²) in [5.74, 6) is 1.57. The molecular weight excluding hydrogens is 224 g/mol. The predicted octanol–water partition coefficient (Wildman–Crippen LogP) is 2.75. The molecule has 18 heavy (non-hydrogen) atoms. The van der Waals surface area contributed by atoms with Crippen LogP contribution in [-0.2, 0) is 6.42 Å². The van der Waals surface area contributed by atoms with Crippen molar-refractivity contribution in [1.82, 2.24) is 9.88 Å². The summed E-state index contributed by atoms with van der Waals surface area (Å²) in [6.07, 6.45) is 7.35. The first-order valence-corrected chi connectivity index (χ1v) is 6.92. The monoisotopic (exact) mass is 248 g/mol. The van der Waals surface area contributed by atoms with E-state index in [0.29, 0.717) is 12.0 Å². The normalized spacial score (nSPS) is 20.6. The third kappa shape index (κ3) is 3.70. The summed E-state index contributed by atoms with van der Waals surface area (Å²) >= 11 is 0. The average Bonchev–Trinajstić information content (AvgIpc) is 2.72. The lowest BCUT2D eigenvalue weighted by atomic mass is 10.1. The van der Waals surface area contributed by atoms with Crippen molar-refractivity contribution in [2.24, 2.45) is 5.92 Å². The van der Waals surface area contributed by atoms with Gasteiger partial charge in [0, 0.05) is 12.2 Å². The second kappa shape index (κ2) is 6.19. The Balaban J connectivity index is 1.88. The lowest BCUT2D eigenvalue weighted by Gasteiger charge is -2.19. The van der Waals surface area contributed by atoms with Gasteiger partial charge in [0.05, 0.1) is 6.20 Å². The van der Waals surface area contributed by atoms with Crippen LogP contribution in [0.5, 0.6) is 5.75 Å². The fraction of sp³-hybridized carbons (Fsp3) is 0.667. The molecule has 3 nitrogen and oxygen atoms in total. The van der Waals surface area contributed by atoms with Gasteiger partial charge in [-0.15, -0.1) is 0 Å². The van der Waals surface area contributed by atoms with E-state index in [9.17, 15) is 0 Å². The number of nitrogens with zero attached hydrogens (tertiary/aromatic N) is 2. The van der Waals surface area contributed by atoms with E-state index in [-0.39, 0.29) is 0 Å². The molecule has 1 fully saturated rings. The molecule has 0 bridgehead atoms. The maximum absolute atomic E-state index is 5.88. The van der Waals surface area contributed by atoms with Gasteiger partial charge in [-0.3, -0.25) is 4.98 Å². The first-order chi connectivity index (χ1) is 8.65. The highest BCUT2D eigenvalue weighted by Gasteiger charge is 2.21. The number of likely N-dealkylation sites (tertiary alicyclic amines) is 1. The minimum Gasteiger partial charge on any atom is -0.490 e. The van der Waals surface area contributed by atoms with Crippen molar-refractivity contribution in [1.29, 1.82) is 0 Å². The Labute approximate surface area is 110 Å². The van der Waals surface area contributed by atoms with Crippen molar-refractivity contribution in [3.63, 3.8) is 0 Å². The number of likely N-dealkylation sites (N-methyl/N-ethyl adjacent to an activating group) is 1.